The molecule has 0 aromatic carbocycles. The van der Waals surface area contributed by atoms with Crippen LogP contribution in [0, 0.1) is 0 Å². The van der Waals surface area contributed by atoms with Gasteiger partial charge in [-0.2, -0.15) is 0 Å². The minimum Gasteiger partial charge on any atom is -0.450 e. The molecule has 2 N–H and O–H groups in total. The summed E-state index contributed by atoms with van der Waals surface area (Å²) in [5.74, 6) is -0.0624. The second-order valence-corrected chi connectivity index (χ2v) is 5.12. The van der Waals surface area contributed by atoms with Crippen molar-refractivity contribution in [3.8, 4) is 0 Å². The lowest BCUT2D eigenvalue weighted by atomic mass is 10.0. The zero-order valence-electron chi connectivity index (χ0n) is 11.7. The molecular weight excluding hydrogens is 262 g/mol. The number of carbonyl (C=O) groups excluding carboxylic acids is 3. The van der Waals surface area contributed by atoms with Gasteiger partial charge in [-0.15, -0.1) is 0 Å². The van der Waals surface area contributed by atoms with Gasteiger partial charge in [0.1, 0.15) is 6.04 Å². The number of ether oxygens (including phenoxy) is 1. The molecule has 2 saturated heterocycles. The van der Waals surface area contributed by atoms with Gasteiger partial charge in [0.15, 0.2) is 0 Å². The summed E-state index contributed by atoms with van der Waals surface area (Å²) in [5, 5.41) is 5.48. The van der Waals surface area contributed by atoms with E-state index in [-0.39, 0.29) is 23.9 Å². The highest BCUT2D eigenvalue weighted by Gasteiger charge is 2.32. The van der Waals surface area contributed by atoms with E-state index in [0.29, 0.717) is 45.4 Å². The third-order valence-electron chi connectivity index (χ3n) is 3.70. The van der Waals surface area contributed by atoms with Crippen molar-refractivity contribution in [2.24, 2.45) is 0 Å². The molecule has 2 heterocycles. The zero-order valence-corrected chi connectivity index (χ0v) is 11.7. The average molecular weight is 283 g/mol. The molecule has 0 aromatic heterocycles. The number of hydrogen-bond acceptors (Lipinski definition) is 4. The SMILES string of the molecule is CCOC(=O)NC1CCN(C(=O)C2CCC(=O)N2)CC1. The molecule has 1 atom stereocenters. The summed E-state index contributed by atoms with van der Waals surface area (Å²) in [6.45, 7) is 3.31. The summed E-state index contributed by atoms with van der Waals surface area (Å²) in [6, 6.07) is -0.312. The van der Waals surface area contributed by atoms with E-state index in [9.17, 15) is 14.4 Å². The molecule has 7 heteroatoms. The summed E-state index contributed by atoms with van der Waals surface area (Å²) in [5.41, 5.74) is 0. The molecule has 2 aliphatic heterocycles. The highest BCUT2D eigenvalue weighted by molar-refractivity contribution is 5.90. The van der Waals surface area contributed by atoms with Crippen molar-refractivity contribution < 1.29 is 19.1 Å². The second kappa shape index (κ2) is 6.58. The molecule has 112 valence electrons. The number of rotatable bonds is 3. The largest absolute Gasteiger partial charge is 0.450 e. The van der Waals surface area contributed by atoms with Crippen LogP contribution in [0.4, 0.5) is 4.79 Å². The maximum atomic E-state index is 12.2. The Balaban J connectivity index is 1.75. The third kappa shape index (κ3) is 3.61. The fourth-order valence-electron chi connectivity index (χ4n) is 2.60. The molecule has 0 bridgehead atoms. The van der Waals surface area contributed by atoms with Gasteiger partial charge in [-0.1, -0.05) is 0 Å². The highest BCUT2D eigenvalue weighted by atomic mass is 16.5. The van der Waals surface area contributed by atoms with Crippen LogP contribution >= 0.6 is 0 Å². The monoisotopic (exact) mass is 283 g/mol. The van der Waals surface area contributed by atoms with Crippen molar-refractivity contribution in [1.82, 2.24) is 15.5 Å². The molecule has 0 aromatic rings. The van der Waals surface area contributed by atoms with Crippen molar-refractivity contribution >= 4 is 17.9 Å². The van der Waals surface area contributed by atoms with Crippen LogP contribution in [0.5, 0.6) is 0 Å². The molecule has 2 aliphatic rings. The van der Waals surface area contributed by atoms with Crippen molar-refractivity contribution in [1.29, 1.82) is 0 Å². The van der Waals surface area contributed by atoms with Crippen LogP contribution in [-0.4, -0.2) is 54.6 Å². The van der Waals surface area contributed by atoms with Crippen LogP contribution < -0.4 is 10.6 Å². The molecule has 0 radical (unpaired) electrons. The van der Waals surface area contributed by atoms with Gasteiger partial charge in [-0.05, 0) is 26.2 Å². The second-order valence-electron chi connectivity index (χ2n) is 5.12. The lowest BCUT2D eigenvalue weighted by molar-refractivity contribution is -0.135. The standard InChI is InChI=1S/C13H21N3O4/c1-2-20-13(19)14-9-5-7-16(8-6-9)12(18)10-3-4-11(17)15-10/h9-10H,2-8H2,1H3,(H,14,19)(H,15,17). The minimum absolute atomic E-state index is 0.00886. The Hall–Kier alpha value is -1.79. The van der Waals surface area contributed by atoms with Crippen LogP contribution in [0.2, 0.25) is 0 Å². The smallest absolute Gasteiger partial charge is 0.407 e. The molecule has 2 rings (SSSR count). The molecule has 7 nitrogen and oxygen atoms in total. The molecule has 0 saturated carbocycles. The third-order valence-corrected chi connectivity index (χ3v) is 3.70. The lowest BCUT2D eigenvalue weighted by Gasteiger charge is -2.33. The number of amides is 3. The van der Waals surface area contributed by atoms with Gasteiger partial charge in [0.25, 0.3) is 0 Å². The van der Waals surface area contributed by atoms with Crippen molar-refractivity contribution in [2.75, 3.05) is 19.7 Å². The Morgan fingerprint density at radius 1 is 1.35 bits per heavy atom. The Labute approximate surface area is 118 Å². The van der Waals surface area contributed by atoms with E-state index in [0.717, 1.165) is 0 Å². The van der Waals surface area contributed by atoms with Gasteiger partial charge in [0.05, 0.1) is 6.61 Å². The number of hydrogen-bond donors (Lipinski definition) is 2. The first kappa shape index (κ1) is 14.6. The quantitative estimate of drug-likeness (QED) is 0.763. The van der Waals surface area contributed by atoms with Crippen LogP contribution in [0.25, 0.3) is 0 Å². The van der Waals surface area contributed by atoms with Crippen molar-refractivity contribution in [3.63, 3.8) is 0 Å². The van der Waals surface area contributed by atoms with Crippen LogP contribution in [0.1, 0.15) is 32.6 Å². The number of alkyl carbamates (subject to hydrolysis) is 1. The predicted octanol–water partition coefficient (Wildman–Crippen LogP) is 0.00210. The molecule has 20 heavy (non-hydrogen) atoms. The first-order chi connectivity index (χ1) is 9.60. The lowest BCUT2D eigenvalue weighted by Crippen LogP contribution is -2.51. The van der Waals surface area contributed by atoms with Gasteiger partial charge < -0.3 is 20.3 Å². The van der Waals surface area contributed by atoms with Crippen molar-refractivity contribution in [3.05, 3.63) is 0 Å². The van der Waals surface area contributed by atoms with E-state index in [4.69, 9.17) is 4.74 Å². The van der Waals surface area contributed by atoms with Gasteiger partial charge in [-0.3, -0.25) is 9.59 Å². The van der Waals surface area contributed by atoms with Gasteiger partial charge in [0.2, 0.25) is 11.8 Å². The highest BCUT2D eigenvalue weighted by Crippen LogP contribution is 2.15. The van der Waals surface area contributed by atoms with E-state index in [1.54, 1.807) is 11.8 Å². The first-order valence-electron chi connectivity index (χ1n) is 7.11. The van der Waals surface area contributed by atoms with Gasteiger partial charge in [-0.25, -0.2) is 4.79 Å². The molecule has 2 fully saturated rings. The van der Waals surface area contributed by atoms with Crippen LogP contribution in [0.3, 0.4) is 0 Å². The molecule has 1 unspecified atom stereocenters. The normalized spacial score (nSPS) is 23.4. The average Bonchev–Trinajstić information content (AvgIpc) is 2.86. The number of likely N-dealkylation sites (tertiary alicyclic amines) is 1. The van der Waals surface area contributed by atoms with Gasteiger partial charge in [0, 0.05) is 25.6 Å². The number of piperidine rings is 1. The zero-order chi connectivity index (χ0) is 14.5. The molecular formula is C13H21N3O4. The maximum Gasteiger partial charge on any atom is 0.407 e. The van der Waals surface area contributed by atoms with E-state index >= 15 is 0 Å². The van der Waals surface area contributed by atoms with E-state index in [1.165, 1.54) is 0 Å². The molecule has 0 aliphatic carbocycles. The Morgan fingerprint density at radius 3 is 2.60 bits per heavy atom. The Kier molecular flexibility index (Phi) is 4.81. The summed E-state index contributed by atoms with van der Waals surface area (Å²) < 4.78 is 4.83. The molecule has 0 spiro atoms. The first-order valence-corrected chi connectivity index (χ1v) is 7.11. The summed E-state index contributed by atoms with van der Waals surface area (Å²) >= 11 is 0. The van der Waals surface area contributed by atoms with Crippen LogP contribution in [-0.2, 0) is 14.3 Å². The molecule has 3 amide bonds. The number of carbonyl (C=O) groups is 3. The summed E-state index contributed by atoms with van der Waals surface area (Å²) in [4.78, 5) is 36.4. The van der Waals surface area contributed by atoms with Crippen molar-refractivity contribution in [2.45, 2.75) is 44.7 Å². The van der Waals surface area contributed by atoms with Crippen LogP contribution in [0.15, 0.2) is 0 Å². The van der Waals surface area contributed by atoms with E-state index in [1.807, 2.05) is 0 Å². The Morgan fingerprint density at radius 2 is 2.05 bits per heavy atom. The number of nitrogens with zero attached hydrogens (tertiary/aromatic N) is 1. The van der Waals surface area contributed by atoms with E-state index in [2.05, 4.69) is 10.6 Å². The maximum absolute atomic E-state index is 12.2. The predicted molar refractivity (Wildman–Crippen MR) is 70.9 cm³/mol. The fourth-order valence-corrected chi connectivity index (χ4v) is 2.60. The van der Waals surface area contributed by atoms with E-state index < -0.39 is 6.09 Å². The summed E-state index contributed by atoms with van der Waals surface area (Å²) in [6.07, 6.45) is 2.03. The number of nitrogens with one attached hydrogen (secondary N) is 2. The Bertz CT molecular complexity index is 391. The minimum atomic E-state index is -0.402. The fraction of sp³-hybridized carbons (Fsp3) is 0.769. The van der Waals surface area contributed by atoms with Gasteiger partial charge >= 0.3 is 6.09 Å². The topological polar surface area (TPSA) is 87.7 Å². The summed E-state index contributed by atoms with van der Waals surface area (Å²) in [7, 11) is 0.